The number of aromatic nitrogens is 2. The first-order valence-corrected chi connectivity index (χ1v) is 8.23. The van der Waals surface area contributed by atoms with Crippen molar-refractivity contribution < 1.29 is 4.74 Å². The van der Waals surface area contributed by atoms with Crippen LogP contribution in [0.5, 0.6) is 0 Å². The van der Waals surface area contributed by atoms with Gasteiger partial charge in [0.15, 0.2) is 0 Å². The first-order chi connectivity index (χ1) is 9.78. The number of nitrogens with one attached hydrogen (secondary N) is 1. The van der Waals surface area contributed by atoms with Crippen molar-refractivity contribution in [1.29, 1.82) is 0 Å². The fourth-order valence-electron chi connectivity index (χ4n) is 2.40. The molecule has 1 heterocycles. The third-order valence-corrected chi connectivity index (χ3v) is 3.44. The summed E-state index contributed by atoms with van der Waals surface area (Å²) >= 11 is 0. The van der Waals surface area contributed by atoms with E-state index in [2.05, 4.69) is 58.5 Å². The van der Waals surface area contributed by atoms with Crippen LogP contribution in [-0.2, 0) is 30.7 Å². The monoisotopic (exact) mass is 295 g/mol. The van der Waals surface area contributed by atoms with Crippen LogP contribution in [0, 0.1) is 0 Å². The van der Waals surface area contributed by atoms with Gasteiger partial charge in [-0.15, -0.1) is 0 Å². The lowest BCUT2D eigenvalue weighted by Gasteiger charge is -2.19. The molecular formula is C17H33N3O. The van der Waals surface area contributed by atoms with Crippen molar-refractivity contribution >= 4 is 0 Å². The van der Waals surface area contributed by atoms with Crippen LogP contribution in [0.3, 0.4) is 0 Å². The smallest absolute Gasteiger partial charge is 0.0669 e. The fourth-order valence-corrected chi connectivity index (χ4v) is 2.40. The maximum Gasteiger partial charge on any atom is 0.0669 e. The first kappa shape index (κ1) is 18.2. The highest BCUT2D eigenvalue weighted by Crippen LogP contribution is 2.17. The Bertz CT molecular complexity index is 430. The summed E-state index contributed by atoms with van der Waals surface area (Å²) in [6, 6.07) is 0.493. The molecule has 4 heteroatoms. The summed E-state index contributed by atoms with van der Waals surface area (Å²) < 4.78 is 7.98. The normalized spacial score (nSPS) is 12.4. The van der Waals surface area contributed by atoms with E-state index in [9.17, 15) is 0 Å². The molecule has 0 aromatic carbocycles. The first-order valence-electron chi connectivity index (χ1n) is 8.23. The Morgan fingerprint density at radius 2 is 1.86 bits per heavy atom. The van der Waals surface area contributed by atoms with Crippen LogP contribution in [0.4, 0.5) is 0 Å². The zero-order valence-corrected chi connectivity index (χ0v) is 14.9. The van der Waals surface area contributed by atoms with E-state index in [1.54, 1.807) is 0 Å². The maximum absolute atomic E-state index is 5.84. The lowest BCUT2D eigenvalue weighted by molar-refractivity contribution is -0.00817. The standard InChI is InChI=1S/C17H33N3O/c1-8-15-14(12-18-13(3)4)16(9-2)20(19-15)10-11-21-17(5,6)7/h13,18H,8-12H2,1-7H3. The van der Waals surface area contributed by atoms with Crippen LogP contribution in [0.1, 0.15) is 65.4 Å². The van der Waals surface area contributed by atoms with Gasteiger partial charge in [-0.25, -0.2) is 0 Å². The zero-order chi connectivity index (χ0) is 16.0. The second-order valence-electron chi connectivity index (χ2n) is 6.80. The molecule has 0 aliphatic rings. The summed E-state index contributed by atoms with van der Waals surface area (Å²) in [5.41, 5.74) is 3.85. The average molecular weight is 295 g/mol. The fraction of sp³-hybridized carbons (Fsp3) is 0.824. The molecule has 0 fully saturated rings. The summed E-state index contributed by atoms with van der Waals surface area (Å²) in [5, 5.41) is 8.31. The number of hydrogen-bond donors (Lipinski definition) is 1. The Morgan fingerprint density at radius 1 is 1.19 bits per heavy atom. The van der Waals surface area contributed by atoms with Crippen molar-refractivity contribution in [2.75, 3.05) is 6.61 Å². The molecule has 1 aromatic rings. The minimum atomic E-state index is -0.0881. The summed E-state index contributed by atoms with van der Waals surface area (Å²) in [7, 11) is 0. The molecule has 0 saturated carbocycles. The summed E-state index contributed by atoms with van der Waals surface area (Å²) in [5.74, 6) is 0. The molecule has 122 valence electrons. The topological polar surface area (TPSA) is 39.1 Å². The van der Waals surface area contributed by atoms with Crippen LogP contribution >= 0.6 is 0 Å². The van der Waals surface area contributed by atoms with Gasteiger partial charge in [0.05, 0.1) is 24.4 Å². The van der Waals surface area contributed by atoms with Gasteiger partial charge >= 0.3 is 0 Å². The van der Waals surface area contributed by atoms with Crippen LogP contribution in [0.25, 0.3) is 0 Å². The highest BCUT2D eigenvalue weighted by Gasteiger charge is 2.16. The molecule has 1 rings (SSSR count). The molecule has 1 aromatic heterocycles. The van der Waals surface area contributed by atoms with E-state index in [0.29, 0.717) is 12.6 Å². The van der Waals surface area contributed by atoms with Gasteiger partial charge in [-0.3, -0.25) is 4.68 Å². The van der Waals surface area contributed by atoms with Crippen molar-refractivity contribution in [3.8, 4) is 0 Å². The van der Waals surface area contributed by atoms with Crippen molar-refractivity contribution in [2.45, 2.75) is 86.0 Å². The van der Waals surface area contributed by atoms with E-state index in [-0.39, 0.29) is 5.60 Å². The van der Waals surface area contributed by atoms with Gasteiger partial charge < -0.3 is 10.1 Å². The van der Waals surface area contributed by atoms with E-state index in [1.165, 1.54) is 17.0 Å². The average Bonchev–Trinajstić information content (AvgIpc) is 2.71. The van der Waals surface area contributed by atoms with E-state index in [0.717, 1.165) is 25.9 Å². The molecule has 0 bridgehead atoms. The lowest BCUT2D eigenvalue weighted by atomic mass is 10.1. The Balaban J connectivity index is 2.84. The molecule has 0 amide bonds. The highest BCUT2D eigenvalue weighted by atomic mass is 16.5. The van der Waals surface area contributed by atoms with E-state index in [4.69, 9.17) is 9.84 Å². The second kappa shape index (κ2) is 7.95. The minimum absolute atomic E-state index is 0.0881. The Morgan fingerprint density at radius 3 is 2.33 bits per heavy atom. The zero-order valence-electron chi connectivity index (χ0n) is 14.9. The van der Waals surface area contributed by atoms with Crippen LogP contribution in [0.15, 0.2) is 0 Å². The Labute approximate surface area is 130 Å². The number of ether oxygens (including phenoxy) is 1. The quantitative estimate of drug-likeness (QED) is 0.799. The Hall–Kier alpha value is -0.870. The third-order valence-electron chi connectivity index (χ3n) is 3.44. The van der Waals surface area contributed by atoms with Crippen molar-refractivity contribution in [2.24, 2.45) is 0 Å². The molecule has 1 N–H and O–H groups in total. The number of rotatable bonds is 8. The predicted molar refractivity (Wildman–Crippen MR) is 88.7 cm³/mol. The second-order valence-corrected chi connectivity index (χ2v) is 6.80. The molecule has 0 atom stereocenters. The summed E-state index contributed by atoms with van der Waals surface area (Å²) in [6.07, 6.45) is 1.99. The highest BCUT2D eigenvalue weighted by molar-refractivity contribution is 5.26. The van der Waals surface area contributed by atoms with Crippen molar-refractivity contribution in [3.05, 3.63) is 17.0 Å². The molecule has 4 nitrogen and oxygen atoms in total. The molecule has 0 aliphatic heterocycles. The number of nitrogens with zero attached hydrogens (tertiary/aromatic N) is 2. The minimum Gasteiger partial charge on any atom is -0.374 e. The van der Waals surface area contributed by atoms with Crippen LogP contribution < -0.4 is 5.32 Å². The maximum atomic E-state index is 5.84. The van der Waals surface area contributed by atoms with Crippen molar-refractivity contribution in [1.82, 2.24) is 15.1 Å². The molecular weight excluding hydrogens is 262 g/mol. The third kappa shape index (κ3) is 5.79. The molecule has 0 saturated heterocycles. The summed E-state index contributed by atoms with van der Waals surface area (Å²) in [6.45, 7) is 17.5. The Kier molecular flexibility index (Phi) is 6.88. The SMILES string of the molecule is CCc1nn(CCOC(C)(C)C)c(CC)c1CNC(C)C. The molecule has 0 radical (unpaired) electrons. The lowest BCUT2D eigenvalue weighted by Crippen LogP contribution is -2.24. The molecule has 0 spiro atoms. The van der Waals surface area contributed by atoms with Gasteiger partial charge in [0, 0.05) is 23.8 Å². The molecule has 0 aliphatic carbocycles. The van der Waals surface area contributed by atoms with Gasteiger partial charge in [-0.05, 0) is 33.6 Å². The van der Waals surface area contributed by atoms with Crippen molar-refractivity contribution in [3.63, 3.8) is 0 Å². The number of hydrogen-bond acceptors (Lipinski definition) is 3. The van der Waals surface area contributed by atoms with E-state index < -0.39 is 0 Å². The van der Waals surface area contributed by atoms with Gasteiger partial charge in [0.25, 0.3) is 0 Å². The van der Waals surface area contributed by atoms with Gasteiger partial charge in [0.2, 0.25) is 0 Å². The van der Waals surface area contributed by atoms with E-state index in [1.807, 2.05) is 0 Å². The number of aryl methyl sites for hydroxylation is 1. The molecule has 21 heavy (non-hydrogen) atoms. The van der Waals surface area contributed by atoms with Crippen LogP contribution in [0.2, 0.25) is 0 Å². The molecule has 0 unspecified atom stereocenters. The van der Waals surface area contributed by atoms with Gasteiger partial charge in [-0.1, -0.05) is 27.7 Å². The largest absolute Gasteiger partial charge is 0.374 e. The van der Waals surface area contributed by atoms with Gasteiger partial charge in [0.1, 0.15) is 0 Å². The van der Waals surface area contributed by atoms with Crippen LogP contribution in [-0.4, -0.2) is 28.0 Å². The predicted octanol–water partition coefficient (Wildman–Crippen LogP) is 3.32. The van der Waals surface area contributed by atoms with E-state index >= 15 is 0 Å². The summed E-state index contributed by atoms with van der Waals surface area (Å²) in [4.78, 5) is 0. The van der Waals surface area contributed by atoms with Gasteiger partial charge in [-0.2, -0.15) is 5.10 Å².